The van der Waals surface area contributed by atoms with Crippen LogP contribution in [-0.4, -0.2) is 78.3 Å². The van der Waals surface area contributed by atoms with E-state index in [0.29, 0.717) is 58.8 Å². The molecular weight excluding hydrogens is 370 g/mol. The van der Waals surface area contributed by atoms with Crippen molar-refractivity contribution >= 4 is 15.9 Å². The van der Waals surface area contributed by atoms with Gasteiger partial charge in [0.05, 0.1) is 24.7 Å². The van der Waals surface area contributed by atoms with Crippen LogP contribution in [0.3, 0.4) is 0 Å². The molecule has 1 fully saturated rings. The Labute approximate surface area is 161 Å². The average Bonchev–Trinajstić information content (AvgIpc) is 2.70. The van der Waals surface area contributed by atoms with Crippen molar-refractivity contribution in [3.63, 3.8) is 0 Å². The Kier molecular flexibility index (Phi) is 9.16. The Morgan fingerprint density at radius 2 is 1.85 bits per heavy atom. The van der Waals surface area contributed by atoms with E-state index >= 15 is 0 Å². The van der Waals surface area contributed by atoms with E-state index in [1.54, 1.807) is 31.4 Å². The van der Waals surface area contributed by atoms with Crippen LogP contribution in [0.2, 0.25) is 0 Å². The molecular formula is C18H29N3O5S. The summed E-state index contributed by atoms with van der Waals surface area (Å²) in [6.45, 7) is 4.28. The zero-order valence-corrected chi connectivity index (χ0v) is 16.6. The first-order valence-corrected chi connectivity index (χ1v) is 10.6. The molecule has 0 aromatic heterocycles. The number of benzene rings is 1. The van der Waals surface area contributed by atoms with Gasteiger partial charge in [0.1, 0.15) is 0 Å². The van der Waals surface area contributed by atoms with Gasteiger partial charge >= 0.3 is 0 Å². The summed E-state index contributed by atoms with van der Waals surface area (Å²) in [6, 6.07) is 6.76. The van der Waals surface area contributed by atoms with Crippen LogP contribution in [0, 0.1) is 0 Å². The first kappa shape index (κ1) is 21.8. The number of nitrogens with one attached hydrogen (secondary N) is 2. The number of sulfonamides is 1. The van der Waals surface area contributed by atoms with Gasteiger partial charge in [-0.2, -0.15) is 4.31 Å². The van der Waals surface area contributed by atoms with Gasteiger partial charge in [0.15, 0.2) is 0 Å². The predicted molar refractivity (Wildman–Crippen MR) is 102 cm³/mol. The third-order valence-electron chi connectivity index (χ3n) is 4.28. The number of carbonyl (C=O) groups excluding carboxylic acids is 1. The van der Waals surface area contributed by atoms with Crippen LogP contribution >= 0.6 is 0 Å². The molecule has 1 aromatic rings. The molecule has 0 saturated carbocycles. The molecule has 8 nitrogen and oxygen atoms in total. The summed E-state index contributed by atoms with van der Waals surface area (Å²) in [7, 11) is -1.83. The van der Waals surface area contributed by atoms with E-state index in [1.165, 1.54) is 4.31 Å². The molecule has 1 aliphatic heterocycles. The second-order valence-electron chi connectivity index (χ2n) is 6.25. The van der Waals surface area contributed by atoms with E-state index in [-0.39, 0.29) is 10.8 Å². The first-order valence-electron chi connectivity index (χ1n) is 9.17. The van der Waals surface area contributed by atoms with E-state index in [1.807, 2.05) is 0 Å². The zero-order chi connectivity index (χ0) is 19.5. The number of methoxy groups -OCH3 is 1. The predicted octanol–water partition coefficient (Wildman–Crippen LogP) is -0.00770. The molecule has 0 bridgehead atoms. The van der Waals surface area contributed by atoms with Crippen molar-refractivity contribution in [3.05, 3.63) is 29.8 Å². The molecule has 1 aromatic carbocycles. The number of hydrogen-bond donors (Lipinski definition) is 2. The SMILES string of the molecule is COCCNCCNC(=O)CCc1ccc(S(=O)(=O)N2CCOCC2)cc1. The lowest BCUT2D eigenvalue weighted by molar-refractivity contribution is -0.121. The summed E-state index contributed by atoms with van der Waals surface area (Å²) < 4.78 is 36.7. The highest BCUT2D eigenvalue weighted by Gasteiger charge is 2.26. The van der Waals surface area contributed by atoms with E-state index in [4.69, 9.17) is 9.47 Å². The van der Waals surface area contributed by atoms with Crippen LogP contribution in [0.5, 0.6) is 0 Å². The summed E-state index contributed by atoms with van der Waals surface area (Å²) in [5, 5.41) is 6.01. The maximum absolute atomic E-state index is 12.6. The lowest BCUT2D eigenvalue weighted by Crippen LogP contribution is -2.40. The Morgan fingerprint density at radius 3 is 2.52 bits per heavy atom. The van der Waals surface area contributed by atoms with Crippen LogP contribution in [0.15, 0.2) is 29.2 Å². The van der Waals surface area contributed by atoms with Crippen molar-refractivity contribution in [1.82, 2.24) is 14.9 Å². The fourth-order valence-electron chi connectivity index (χ4n) is 2.70. The van der Waals surface area contributed by atoms with Gasteiger partial charge in [-0.3, -0.25) is 4.79 Å². The topological polar surface area (TPSA) is 97.0 Å². The van der Waals surface area contributed by atoms with Crippen LogP contribution in [0.25, 0.3) is 0 Å². The van der Waals surface area contributed by atoms with E-state index in [0.717, 1.165) is 12.1 Å². The van der Waals surface area contributed by atoms with Gasteiger partial charge in [0.25, 0.3) is 0 Å². The van der Waals surface area contributed by atoms with Gasteiger partial charge in [-0.25, -0.2) is 8.42 Å². The molecule has 2 rings (SSSR count). The van der Waals surface area contributed by atoms with E-state index in [9.17, 15) is 13.2 Å². The lowest BCUT2D eigenvalue weighted by Gasteiger charge is -2.26. The summed E-state index contributed by atoms with van der Waals surface area (Å²) in [5.74, 6) is -0.0199. The fraction of sp³-hybridized carbons (Fsp3) is 0.611. The number of carbonyl (C=O) groups is 1. The molecule has 1 heterocycles. The number of hydrogen-bond acceptors (Lipinski definition) is 6. The number of rotatable bonds is 11. The van der Waals surface area contributed by atoms with Crippen LogP contribution in [0.1, 0.15) is 12.0 Å². The number of amides is 1. The van der Waals surface area contributed by atoms with Crippen molar-refractivity contribution in [3.8, 4) is 0 Å². The third-order valence-corrected chi connectivity index (χ3v) is 6.19. The molecule has 2 N–H and O–H groups in total. The second-order valence-corrected chi connectivity index (χ2v) is 8.19. The number of aryl methyl sites for hydroxylation is 1. The van der Waals surface area contributed by atoms with Gasteiger partial charge in [-0.05, 0) is 24.1 Å². The minimum absolute atomic E-state index is 0.0199. The minimum atomic E-state index is -3.47. The third kappa shape index (κ3) is 7.19. The van der Waals surface area contributed by atoms with Crippen molar-refractivity contribution < 1.29 is 22.7 Å². The fourth-order valence-corrected chi connectivity index (χ4v) is 4.11. The highest BCUT2D eigenvalue weighted by Crippen LogP contribution is 2.18. The summed E-state index contributed by atoms with van der Waals surface area (Å²) in [5.41, 5.74) is 0.935. The maximum atomic E-state index is 12.6. The normalized spacial score (nSPS) is 15.6. The van der Waals surface area contributed by atoms with Crippen LogP contribution in [0.4, 0.5) is 0 Å². The molecule has 0 unspecified atom stereocenters. The zero-order valence-electron chi connectivity index (χ0n) is 15.8. The Morgan fingerprint density at radius 1 is 1.15 bits per heavy atom. The van der Waals surface area contributed by atoms with Gasteiger partial charge in [-0.15, -0.1) is 0 Å². The Bertz CT molecular complexity index is 673. The van der Waals surface area contributed by atoms with Crippen molar-refractivity contribution in [1.29, 1.82) is 0 Å². The number of ether oxygens (including phenoxy) is 2. The molecule has 0 radical (unpaired) electrons. The van der Waals surface area contributed by atoms with Crippen molar-refractivity contribution in [2.75, 3.05) is 59.7 Å². The highest BCUT2D eigenvalue weighted by molar-refractivity contribution is 7.89. The molecule has 0 spiro atoms. The molecule has 0 atom stereocenters. The van der Waals surface area contributed by atoms with Gasteiger partial charge in [-0.1, -0.05) is 12.1 Å². The standard InChI is InChI=1S/C18H29N3O5S/c1-25-13-10-19-8-9-20-18(22)7-4-16-2-5-17(6-3-16)27(23,24)21-11-14-26-15-12-21/h2-3,5-6,19H,4,7-15H2,1H3,(H,20,22). The summed E-state index contributed by atoms with van der Waals surface area (Å²) in [4.78, 5) is 12.1. The summed E-state index contributed by atoms with van der Waals surface area (Å²) >= 11 is 0. The molecule has 27 heavy (non-hydrogen) atoms. The Balaban J connectivity index is 1.74. The first-order chi connectivity index (χ1) is 13.0. The highest BCUT2D eigenvalue weighted by atomic mass is 32.2. The lowest BCUT2D eigenvalue weighted by atomic mass is 10.1. The van der Waals surface area contributed by atoms with Crippen LogP contribution < -0.4 is 10.6 Å². The number of morpholine rings is 1. The van der Waals surface area contributed by atoms with E-state index < -0.39 is 10.0 Å². The van der Waals surface area contributed by atoms with Gasteiger partial charge in [0.2, 0.25) is 15.9 Å². The largest absolute Gasteiger partial charge is 0.383 e. The van der Waals surface area contributed by atoms with Crippen molar-refractivity contribution in [2.24, 2.45) is 0 Å². The monoisotopic (exact) mass is 399 g/mol. The molecule has 9 heteroatoms. The van der Waals surface area contributed by atoms with Gasteiger partial charge in [0, 0.05) is 46.3 Å². The molecule has 1 amide bonds. The second kappa shape index (κ2) is 11.4. The molecule has 152 valence electrons. The summed E-state index contributed by atoms with van der Waals surface area (Å²) in [6.07, 6.45) is 0.939. The molecule has 1 saturated heterocycles. The van der Waals surface area contributed by atoms with Crippen LogP contribution in [-0.2, 0) is 30.7 Å². The van der Waals surface area contributed by atoms with Gasteiger partial charge < -0.3 is 20.1 Å². The number of nitrogens with zero attached hydrogens (tertiary/aromatic N) is 1. The minimum Gasteiger partial charge on any atom is -0.383 e. The molecule has 1 aliphatic rings. The quantitative estimate of drug-likeness (QED) is 0.508. The average molecular weight is 400 g/mol. The molecule has 0 aliphatic carbocycles. The smallest absolute Gasteiger partial charge is 0.243 e. The maximum Gasteiger partial charge on any atom is 0.243 e. The Hall–Kier alpha value is -1.52. The van der Waals surface area contributed by atoms with Crippen molar-refractivity contribution in [2.45, 2.75) is 17.7 Å². The van der Waals surface area contributed by atoms with E-state index in [2.05, 4.69) is 10.6 Å².